The highest BCUT2D eigenvalue weighted by Gasteiger charge is 2.26. The van der Waals surface area contributed by atoms with Crippen molar-refractivity contribution < 1.29 is 4.74 Å². The summed E-state index contributed by atoms with van der Waals surface area (Å²) < 4.78 is 6.25. The van der Waals surface area contributed by atoms with Crippen molar-refractivity contribution in [3.63, 3.8) is 0 Å². The van der Waals surface area contributed by atoms with Crippen molar-refractivity contribution in [3.8, 4) is 33.8 Å². The van der Waals surface area contributed by atoms with Gasteiger partial charge in [-0.1, -0.05) is 66.7 Å². The van der Waals surface area contributed by atoms with Gasteiger partial charge in [0.25, 0.3) is 0 Å². The number of ether oxygens (including phenoxy) is 1. The maximum Gasteiger partial charge on any atom is 0.151 e. The second-order valence-corrected chi connectivity index (χ2v) is 9.70. The van der Waals surface area contributed by atoms with Crippen molar-refractivity contribution in [1.29, 1.82) is 0 Å². The average Bonchev–Trinajstić information content (AvgIpc) is 2.90. The fourth-order valence-corrected chi connectivity index (χ4v) is 4.96. The first kappa shape index (κ1) is 22.2. The van der Waals surface area contributed by atoms with E-state index in [0.717, 1.165) is 28.6 Å². The predicted molar refractivity (Wildman–Crippen MR) is 151 cm³/mol. The molecule has 2 heteroatoms. The Kier molecular flexibility index (Phi) is 5.38. The van der Waals surface area contributed by atoms with Gasteiger partial charge >= 0.3 is 0 Å². The number of nitrogens with zero attached hydrogens (tertiary/aromatic N) is 1. The molecule has 0 atom stereocenters. The molecule has 176 valence electrons. The Balaban J connectivity index is 1.59. The minimum Gasteiger partial charge on any atom is -0.453 e. The molecular weight excluding hydrogens is 438 g/mol. The van der Waals surface area contributed by atoms with Gasteiger partial charge in [-0.2, -0.15) is 0 Å². The second-order valence-electron chi connectivity index (χ2n) is 9.70. The number of para-hydroxylation sites is 4. The predicted octanol–water partition coefficient (Wildman–Crippen LogP) is 9.83. The molecule has 2 nitrogen and oxygen atoms in total. The van der Waals surface area contributed by atoms with E-state index in [0.29, 0.717) is 0 Å². The van der Waals surface area contributed by atoms with Crippen molar-refractivity contribution in [1.82, 2.24) is 0 Å². The third-order valence-corrected chi connectivity index (χ3v) is 7.33. The molecule has 36 heavy (non-hydrogen) atoms. The number of anilines is 3. The van der Waals surface area contributed by atoms with Crippen LogP contribution in [0.1, 0.15) is 22.3 Å². The molecule has 0 unspecified atom stereocenters. The first-order valence-corrected chi connectivity index (χ1v) is 12.4. The Morgan fingerprint density at radius 1 is 0.472 bits per heavy atom. The van der Waals surface area contributed by atoms with Crippen LogP contribution in [-0.4, -0.2) is 0 Å². The van der Waals surface area contributed by atoms with E-state index in [9.17, 15) is 0 Å². The normalized spacial score (nSPS) is 12.1. The first-order valence-electron chi connectivity index (χ1n) is 12.4. The van der Waals surface area contributed by atoms with Gasteiger partial charge in [-0.25, -0.2) is 0 Å². The maximum absolute atomic E-state index is 6.25. The second kappa shape index (κ2) is 8.73. The van der Waals surface area contributed by atoms with E-state index in [1.807, 2.05) is 24.3 Å². The lowest BCUT2D eigenvalue weighted by molar-refractivity contribution is 0.477. The Hall–Kier alpha value is -4.30. The Bertz CT molecular complexity index is 1570. The summed E-state index contributed by atoms with van der Waals surface area (Å²) in [6.07, 6.45) is 0. The van der Waals surface area contributed by atoms with Crippen molar-refractivity contribution >= 4 is 17.1 Å². The zero-order valence-corrected chi connectivity index (χ0v) is 21.2. The van der Waals surface area contributed by atoms with Gasteiger partial charge in [-0.3, -0.25) is 0 Å². The van der Waals surface area contributed by atoms with Crippen molar-refractivity contribution in [2.45, 2.75) is 27.7 Å². The Morgan fingerprint density at radius 3 is 1.56 bits per heavy atom. The van der Waals surface area contributed by atoms with E-state index in [1.165, 1.54) is 44.5 Å². The molecule has 0 aliphatic carbocycles. The van der Waals surface area contributed by atoms with Gasteiger partial charge in [-0.05, 0) is 109 Å². The van der Waals surface area contributed by atoms with E-state index in [1.54, 1.807) is 0 Å². The molecule has 0 spiro atoms. The average molecular weight is 468 g/mol. The molecule has 1 heterocycles. The van der Waals surface area contributed by atoms with Gasteiger partial charge in [0.15, 0.2) is 11.5 Å². The molecular formula is C34H29NO. The first-order chi connectivity index (χ1) is 17.5. The molecule has 1 aliphatic heterocycles. The van der Waals surface area contributed by atoms with Crippen LogP contribution in [-0.2, 0) is 0 Å². The summed E-state index contributed by atoms with van der Waals surface area (Å²) in [4.78, 5) is 2.31. The molecule has 5 aromatic rings. The number of hydrogen-bond acceptors (Lipinski definition) is 2. The van der Waals surface area contributed by atoms with Crippen LogP contribution in [0.15, 0.2) is 103 Å². The third kappa shape index (κ3) is 3.76. The van der Waals surface area contributed by atoms with Crippen LogP contribution >= 0.6 is 0 Å². The van der Waals surface area contributed by atoms with Crippen LogP contribution in [0, 0.1) is 27.7 Å². The smallest absolute Gasteiger partial charge is 0.151 e. The summed E-state index contributed by atoms with van der Waals surface area (Å²) >= 11 is 0. The summed E-state index contributed by atoms with van der Waals surface area (Å²) in [6, 6.07) is 36.8. The summed E-state index contributed by atoms with van der Waals surface area (Å²) in [5, 5.41) is 0. The Labute approximate surface area is 213 Å². The van der Waals surface area contributed by atoms with E-state index in [2.05, 4.69) is 111 Å². The van der Waals surface area contributed by atoms with Crippen LogP contribution < -0.4 is 9.64 Å². The highest BCUT2D eigenvalue weighted by molar-refractivity contribution is 5.92. The van der Waals surface area contributed by atoms with Crippen LogP contribution in [0.4, 0.5) is 17.1 Å². The number of fused-ring (bicyclic) bond motifs is 2. The SMILES string of the molecule is Cc1ccc(-c2ccc(N3c4ccccc4Oc4ccccc43)cc2-c2ccc(C)c(C)c2)cc1C. The molecule has 1 aliphatic rings. The number of rotatable bonds is 3. The lowest BCUT2D eigenvalue weighted by Gasteiger charge is -2.33. The monoisotopic (exact) mass is 467 g/mol. The molecule has 0 N–H and O–H groups in total. The van der Waals surface area contributed by atoms with Crippen LogP contribution in [0.25, 0.3) is 22.3 Å². The minimum atomic E-state index is 0.863. The molecule has 0 aromatic heterocycles. The molecule has 0 amide bonds. The Morgan fingerprint density at radius 2 is 1.00 bits per heavy atom. The zero-order valence-electron chi connectivity index (χ0n) is 21.2. The fraction of sp³-hybridized carbons (Fsp3) is 0.118. The quantitative estimate of drug-likeness (QED) is 0.257. The highest BCUT2D eigenvalue weighted by Crippen LogP contribution is 2.51. The zero-order chi connectivity index (χ0) is 24.8. The van der Waals surface area contributed by atoms with Gasteiger partial charge in [0, 0.05) is 5.69 Å². The molecule has 0 saturated heterocycles. The summed E-state index contributed by atoms with van der Waals surface area (Å²) in [7, 11) is 0. The van der Waals surface area contributed by atoms with Gasteiger partial charge in [0.05, 0.1) is 11.4 Å². The minimum absolute atomic E-state index is 0.863. The maximum atomic E-state index is 6.25. The van der Waals surface area contributed by atoms with Gasteiger partial charge < -0.3 is 9.64 Å². The number of aryl methyl sites for hydroxylation is 4. The summed E-state index contributed by atoms with van der Waals surface area (Å²) in [5.74, 6) is 1.73. The van der Waals surface area contributed by atoms with E-state index in [4.69, 9.17) is 4.74 Å². The van der Waals surface area contributed by atoms with Gasteiger partial charge in [0.2, 0.25) is 0 Å². The highest BCUT2D eigenvalue weighted by atomic mass is 16.5. The lowest BCUT2D eigenvalue weighted by atomic mass is 9.91. The van der Waals surface area contributed by atoms with Crippen molar-refractivity contribution in [2.75, 3.05) is 4.90 Å². The number of hydrogen-bond donors (Lipinski definition) is 0. The molecule has 0 fully saturated rings. The van der Waals surface area contributed by atoms with Gasteiger partial charge in [0.1, 0.15) is 0 Å². The van der Waals surface area contributed by atoms with E-state index >= 15 is 0 Å². The largest absolute Gasteiger partial charge is 0.453 e. The van der Waals surface area contributed by atoms with Crippen molar-refractivity contribution in [3.05, 3.63) is 125 Å². The van der Waals surface area contributed by atoms with Gasteiger partial charge in [-0.15, -0.1) is 0 Å². The molecule has 6 rings (SSSR count). The van der Waals surface area contributed by atoms with Crippen LogP contribution in [0.3, 0.4) is 0 Å². The summed E-state index contributed by atoms with van der Waals surface area (Å²) in [5.41, 5.74) is 13.3. The van der Waals surface area contributed by atoms with Crippen LogP contribution in [0.2, 0.25) is 0 Å². The summed E-state index contributed by atoms with van der Waals surface area (Å²) in [6.45, 7) is 8.71. The molecule has 5 aromatic carbocycles. The lowest BCUT2D eigenvalue weighted by Crippen LogP contribution is -2.15. The topological polar surface area (TPSA) is 12.5 Å². The van der Waals surface area contributed by atoms with E-state index < -0.39 is 0 Å². The standard InChI is InChI=1S/C34H29NO/c1-22-13-15-26(19-24(22)3)29-18-17-28(21-30(29)27-16-14-23(2)25(4)20-27)35-31-9-5-7-11-33(31)36-34-12-8-6-10-32(34)35/h5-21H,1-4H3. The fourth-order valence-electron chi connectivity index (χ4n) is 4.96. The molecule has 0 saturated carbocycles. The number of benzene rings is 5. The van der Waals surface area contributed by atoms with E-state index in [-0.39, 0.29) is 0 Å². The van der Waals surface area contributed by atoms with Crippen LogP contribution in [0.5, 0.6) is 11.5 Å². The molecule has 0 radical (unpaired) electrons. The molecule has 0 bridgehead atoms. The third-order valence-electron chi connectivity index (χ3n) is 7.33. The van der Waals surface area contributed by atoms with Crippen molar-refractivity contribution in [2.24, 2.45) is 0 Å².